The number of fused-ring (bicyclic) bond motifs is 1. The van der Waals surface area contributed by atoms with Gasteiger partial charge in [0.1, 0.15) is 5.82 Å². The Hall–Kier alpha value is -1.91. The monoisotopic (exact) mass is 190 g/mol. The smallest absolute Gasteiger partial charge is 0.271 e. The Bertz CT molecular complexity index is 516. The summed E-state index contributed by atoms with van der Waals surface area (Å²) in [7, 11) is 0. The maximum atomic E-state index is 10.5. The van der Waals surface area contributed by atoms with Gasteiger partial charge in [-0.2, -0.15) is 0 Å². The van der Waals surface area contributed by atoms with E-state index < -0.39 is 4.92 Å². The predicted octanol–water partition coefficient (Wildman–Crippen LogP) is 1.96. The second-order valence-electron chi connectivity index (χ2n) is 3.08. The Kier molecular flexibility index (Phi) is 1.73. The van der Waals surface area contributed by atoms with E-state index in [1.54, 1.807) is 6.92 Å². The van der Waals surface area contributed by atoms with E-state index in [4.69, 9.17) is 0 Å². The van der Waals surface area contributed by atoms with Gasteiger partial charge in [-0.3, -0.25) is 10.1 Å². The molecule has 0 atom stereocenters. The number of aromatic amines is 1. The SMILES string of the molecule is [CH2]c1cc([N+](=O)[O-])cc2[nH]c(C)nc12. The molecule has 1 radical (unpaired) electrons. The zero-order valence-electron chi connectivity index (χ0n) is 7.57. The summed E-state index contributed by atoms with van der Waals surface area (Å²) in [5, 5.41) is 10.5. The fraction of sp³-hybridized carbons (Fsp3) is 0.111. The van der Waals surface area contributed by atoms with Crippen LogP contribution in [0.15, 0.2) is 12.1 Å². The highest BCUT2D eigenvalue weighted by molar-refractivity contribution is 5.82. The standard InChI is InChI=1S/C9H8N3O2/c1-5-3-7(12(13)14)4-8-9(5)11-6(2)10-8/h3-4H,1H2,2H3,(H,10,11). The maximum Gasteiger partial charge on any atom is 0.271 e. The molecule has 2 aromatic rings. The number of benzene rings is 1. The van der Waals surface area contributed by atoms with Crippen molar-refractivity contribution in [2.45, 2.75) is 6.92 Å². The van der Waals surface area contributed by atoms with Crippen LogP contribution in [-0.2, 0) is 0 Å². The van der Waals surface area contributed by atoms with E-state index in [1.807, 2.05) is 0 Å². The number of nitro groups is 1. The number of rotatable bonds is 1. The highest BCUT2D eigenvalue weighted by Crippen LogP contribution is 2.22. The first-order valence-electron chi connectivity index (χ1n) is 4.04. The lowest BCUT2D eigenvalue weighted by atomic mass is 10.2. The summed E-state index contributed by atoms with van der Waals surface area (Å²) in [6.45, 7) is 5.52. The Morgan fingerprint density at radius 2 is 2.29 bits per heavy atom. The van der Waals surface area contributed by atoms with Gasteiger partial charge in [0.15, 0.2) is 0 Å². The molecule has 1 aromatic carbocycles. The number of non-ortho nitro benzene ring substituents is 1. The van der Waals surface area contributed by atoms with E-state index in [1.165, 1.54) is 12.1 Å². The Balaban J connectivity index is 2.77. The number of hydrogen-bond acceptors (Lipinski definition) is 3. The van der Waals surface area contributed by atoms with Gasteiger partial charge < -0.3 is 4.98 Å². The van der Waals surface area contributed by atoms with Crippen LogP contribution in [0.4, 0.5) is 5.69 Å². The molecule has 0 saturated carbocycles. The summed E-state index contributed by atoms with van der Waals surface area (Å²) in [5.41, 5.74) is 1.94. The summed E-state index contributed by atoms with van der Waals surface area (Å²) in [6.07, 6.45) is 0. The topological polar surface area (TPSA) is 71.8 Å². The number of nitrogens with zero attached hydrogens (tertiary/aromatic N) is 2. The number of nitro benzene ring substituents is 1. The van der Waals surface area contributed by atoms with Crippen LogP contribution in [0.3, 0.4) is 0 Å². The first kappa shape index (κ1) is 8.68. The summed E-state index contributed by atoms with van der Waals surface area (Å²) < 4.78 is 0. The largest absolute Gasteiger partial charge is 0.342 e. The first-order chi connectivity index (χ1) is 6.58. The van der Waals surface area contributed by atoms with Crippen molar-refractivity contribution in [1.29, 1.82) is 0 Å². The lowest BCUT2D eigenvalue weighted by molar-refractivity contribution is -0.384. The maximum absolute atomic E-state index is 10.5. The molecule has 0 aliphatic rings. The minimum atomic E-state index is -0.440. The van der Waals surface area contributed by atoms with Gasteiger partial charge >= 0.3 is 0 Å². The zero-order chi connectivity index (χ0) is 10.3. The molecule has 0 bridgehead atoms. The average molecular weight is 190 g/mol. The van der Waals surface area contributed by atoms with Gasteiger partial charge in [0, 0.05) is 12.1 Å². The molecule has 0 unspecified atom stereocenters. The summed E-state index contributed by atoms with van der Waals surface area (Å²) in [5.74, 6) is 0.727. The van der Waals surface area contributed by atoms with Gasteiger partial charge in [0.05, 0.1) is 16.0 Å². The van der Waals surface area contributed by atoms with Gasteiger partial charge in [0.2, 0.25) is 0 Å². The van der Waals surface area contributed by atoms with Crippen LogP contribution >= 0.6 is 0 Å². The van der Waals surface area contributed by atoms with Crippen molar-refractivity contribution in [3.63, 3.8) is 0 Å². The van der Waals surface area contributed by atoms with E-state index >= 15 is 0 Å². The molecule has 5 heteroatoms. The van der Waals surface area contributed by atoms with Crippen LogP contribution in [0.2, 0.25) is 0 Å². The zero-order valence-corrected chi connectivity index (χ0v) is 7.57. The number of H-pyrrole nitrogens is 1. The highest BCUT2D eigenvalue weighted by atomic mass is 16.6. The van der Waals surface area contributed by atoms with E-state index in [0.717, 1.165) is 5.82 Å². The van der Waals surface area contributed by atoms with Gasteiger partial charge in [-0.15, -0.1) is 0 Å². The predicted molar refractivity (Wildman–Crippen MR) is 51.9 cm³/mol. The van der Waals surface area contributed by atoms with Crippen molar-refractivity contribution in [3.8, 4) is 0 Å². The molecule has 0 amide bonds. The van der Waals surface area contributed by atoms with Crippen molar-refractivity contribution in [3.05, 3.63) is 40.6 Å². The number of aryl methyl sites for hydroxylation is 1. The van der Waals surface area contributed by atoms with Crippen molar-refractivity contribution in [1.82, 2.24) is 9.97 Å². The number of hydrogen-bond donors (Lipinski definition) is 1. The van der Waals surface area contributed by atoms with Crippen LogP contribution in [0.1, 0.15) is 11.4 Å². The third-order valence-corrected chi connectivity index (χ3v) is 1.98. The second-order valence-corrected chi connectivity index (χ2v) is 3.08. The van der Waals surface area contributed by atoms with Crippen molar-refractivity contribution in [2.75, 3.05) is 0 Å². The Morgan fingerprint density at radius 1 is 1.57 bits per heavy atom. The molecule has 0 saturated heterocycles. The fourth-order valence-electron chi connectivity index (χ4n) is 1.40. The van der Waals surface area contributed by atoms with Crippen LogP contribution in [0, 0.1) is 24.0 Å². The summed E-state index contributed by atoms with van der Waals surface area (Å²) in [4.78, 5) is 17.2. The third-order valence-electron chi connectivity index (χ3n) is 1.98. The summed E-state index contributed by atoms with van der Waals surface area (Å²) in [6, 6.07) is 2.88. The third kappa shape index (κ3) is 1.22. The summed E-state index contributed by atoms with van der Waals surface area (Å²) >= 11 is 0. The van der Waals surface area contributed by atoms with Crippen molar-refractivity contribution >= 4 is 16.7 Å². The minimum absolute atomic E-state index is 0.0335. The van der Waals surface area contributed by atoms with E-state index in [2.05, 4.69) is 16.9 Å². The normalized spacial score (nSPS) is 10.7. The molecule has 0 fully saturated rings. The van der Waals surface area contributed by atoms with Gasteiger partial charge in [-0.25, -0.2) is 4.98 Å². The molecular weight excluding hydrogens is 182 g/mol. The van der Waals surface area contributed by atoms with E-state index in [0.29, 0.717) is 16.6 Å². The Morgan fingerprint density at radius 3 is 2.93 bits per heavy atom. The molecule has 1 aromatic heterocycles. The van der Waals surface area contributed by atoms with Gasteiger partial charge in [0.25, 0.3) is 5.69 Å². The number of nitrogens with one attached hydrogen (secondary N) is 1. The molecule has 1 heterocycles. The van der Waals surface area contributed by atoms with Crippen molar-refractivity contribution < 1.29 is 4.92 Å². The first-order valence-corrected chi connectivity index (χ1v) is 4.04. The van der Waals surface area contributed by atoms with Gasteiger partial charge in [-0.1, -0.05) is 0 Å². The van der Waals surface area contributed by atoms with Crippen LogP contribution < -0.4 is 0 Å². The second kappa shape index (κ2) is 2.80. The van der Waals surface area contributed by atoms with Crippen LogP contribution in [0.5, 0.6) is 0 Å². The molecular formula is C9H8N3O2. The molecule has 14 heavy (non-hydrogen) atoms. The lowest BCUT2D eigenvalue weighted by Gasteiger charge is -1.94. The molecule has 2 rings (SSSR count). The lowest BCUT2D eigenvalue weighted by Crippen LogP contribution is -1.89. The Labute approximate surface area is 79.9 Å². The number of aromatic nitrogens is 2. The molecule has 1 N–H and O–H groups in total. The fourth-order valence-corrected chi connectivity index (χ4v) is 1.40. The minimum Gasteiger partial charge on any atom is -0.342 e. The molecule has 5 nitrogen and oxygen atoms in total. The highest BCUT2D eigenvalue weighted by Gasteiger charge is 2.11. The molecule has 71 valence electrons. The van der Waals surface area contributed by atoms with Crippen molar-refractivity contribution in [2.24, 2.45) is 0 Å². The van der Waals surface area contributed by atoms with Crippen LogP contribution in [-0.4, -0.2) is 14.9 Å². The molecule has 0 aliphatic heterocycles. The van der Waals surface area contributed by atoms with E-state index in [9.17, 15) is 10.1 Å². The molecule has 0 spiro atoms. The quantitative estimate of drug-likeness (QED) is 0.551. The van der Waals surface area contributed by atoms with E-state index in [-0.39, 0.29) is 5.69 Å². The van der Waals surface area contributed by atoms with Crippen LogP contribution in [0.25, 0.3) is 11.0 Å². The molecule has 0 aliphatic carbocycles. The van der Waals surface area contributed by atoms with Gasteiger partial charge in [-0.05, 0) is 19.4 Å². The average Bonchev–Trinajstić information content (AvgIpc) is 2.45. The number of imidazole rings is 1.